The molecular weight excluding hydrogens is 362 g/mol. The molecule has 0 aromatic heterocycles. The largest absolute Gasteiger partial charge is 0.454 e. The number of hydrogen-bond acceptors (Lipinski definition) is 3. The van der Waals surface area contributed by atoms with E-state index in [0.717, 1.165) is 50.3 Å². The summed E-state index contributed by atoms with van der Waals surface area (Å²) in [5.41, 5.74) is 1.17. The van der Waals surface area contributed by atoms with Crippen LogP contribution in [0.5, 0.6) is 11.5 Å². The van der Waals surface area contributed by atoms with Gasteiger partial charge in [0, 0.05) is 13.1 Å². The summed E-state index contributed by atoms with van der Waals surface area (Å²) in [7, 11) is 0. The highest BCUT2D eigenvalue weighted by Gasteiger charge is 2.13. The molecule has 1 fully saturated rings. The lowest BCUT2D eigenvalue weighted by Crippen LogP contribution is -2.34. The molecule has 0 atom stereocenters. The average molecular weight is 398 g/mol. The third-order valence-electron chi connectivity index (χ3n) is 5.63. The number of benzene rings is 1. The van der Waals surface area contributed by atoms with Crippen LogP contribution in [0.25, 0.3) is 6.08 Å². The van der Waals surface area contributed by atoms with E-state index in [1.807, 2.05) is 17.0 Å². The highest BCUT2D eigenvalue weighted by atomic mass is 16.7. The van der Waals surface area contributed by atoms with Crippen LogP contribution in [0.1, 0.15) is 76.2 Å². The molecular formula is C25H35NO3. The number of likely N-dealkylation sites (tertiary alicyclic amines) is 1. The van der Waals surface area contributed by atoms with E-state index >= 15 is 0 Å². The molecule has 2 aliphatic rings. The number of unbranched alkanes of at least 4 members (excludes halogenated alkanes) is 7. The molecule has 1 aromatic rings. The molecule has 0 N–H and O–H groups in total. The maximum Gasteiger partial charge on any atom is 0.246 e. The van der Waals surface area contributed by atoms with Gasteiger partial charge in [-0.2, -0.15) is 0 Å². The average Bonchev–Trinajstić information content (AvgIpc) is 3.23. The number of carbonyl (C=O) groups is 1. The molecule has 0 bridgehead atoms. The molecule has 3 rings (SSSR count). The molecule has 29 heavy (non-hydrogen) atoms. The Balaban J connectivity index is 1.15. The first-order valence-electron chi connectivity index (χ1n) is 11.3. The summed E-state index contributed by atoms with van der Waals surface area (Å²) in [4.78, 5) is 14.0. The summed E-state index contributed by atoms with van der Waals surface area (Å²) in [6.45, 7) is 2.21. The number of fused-ring (bicyclic) bond motifs is 1. The van der Waals surface area contributed by atoms with Crippen LogP contribution in [0.3, 0.4) is 0 Å². The minimum absolute atomic E-state index is 0.207. The predicted molar refractivity (Wildman–Crippen MR) is 118 cm³/mol. The second kappa shape index (κ2) is 12.4. The van der Waals surface area contributed by atoms with Crippen LogP contribution in [0.2, 0.25) is 0 Å². The first-order chi connectivity index (χ1) is 14.3. The lowest BCUT2D eigenvalue weighted by atomic mass is 10.1. The molecule has 4 nitrogen and oxygen atoms in total. The van der Waals surface area contributed by atoms with Crippen molar-refractivity contribution in [1.82, 2.24) is 4.90 Å². The van der Waals surface area contributed by atoms with Crippen molar-refractivity contribution < 1.29 is 14.3 Å². The van der Waals surface area contributed by atoms with Crippen molar-refractivity contribution in [2.24, 2.45) is 0 Å². The van der Waals surface area contributed by atoms with E-state index in [2.05, 4.69) is 24.3 Å². The third kappa shape index (κ3) is 7.60. The Kier molecular flexibility index (Phi) is 9.15. The van der Waals surface area contributed by atoms with E-state index in [0.29, 0.717) is 6.79 Å². The maximum atomic E-state index is 12.0. The molecule has 158 valence electrons. The van der Waals surface area contributed by atoms with Gasteiger partial charge < -0.3 is 14.4 Å². The molecule has 4 heteroatoms. The first-order valence-corrected chi connectivity index (χ1v) is 11.3. The quantitative estimate of drug-likeness (QED) is 0.334. The lowest BCUT2D eigenvalue weighted by molar-refractivity contribution is -0.126. The zero-order valence-electron chi connectivity index (χ0n) is 17.6. The van der Waals surface area contributed by atoms with Crippen LogP contribution in [0.15, 0.2) is 36.4 Å². The van der Waals surface area contributed by atoms with Crippen LogP contribution in [-0.4, -0.2) is 30.7 Å². The Morgan fingerprint density at radius 1 is 0.862 bits per heavy atom. The Labute approximate surface area is 175 Å². The fourth-order valence-corrected chi connectivity index (χ4v) is 3.87. The third-order valence-corrected chi connectivity index (χ3v) is 5.63. The smallest absolute Gasteiger partial charge is 0.246 e. The van der Waals surface area contributed by atoms with Crippen molar-refractivity contribution in [3.63, 3.8) is 0 Å². The van der Waals surface area contributed by atoms with Crippen molar-refractivity contribution in [1.29, 1.82) is 0 Å². The first kappa shape index (κ1) is 21.5. The van der Waals surface area contributed by atoms with Crippen LogP contribution in [0, 0.1) is 0 Å². The molecule has 2 heterocycles. The van der Waals surface area contributed by atoms with Gasteiger partial charge in [-0.05, 0) is 68.7 Å². The molecule has 0 radical (unpaired) electrons. The number of allylic oxidation sites excluding steroid dienone is 2. The molecule has 1 amide bonds. The van der Waals surface area contributed by atoms with Gasteiger partial charge in [-0.15, -0.1) is 0 Å². The monoisotopic (exact) mass is 397 g/mol. The van der Waals surface area contributed by atoms with Crippen molar-refractivity contribution >= 4 is 12.0 Å². The van der Waals surface area contributed by atoms with Crippen molar-refractivity contribution in [3.05, 3.63) is 42.0 Å². The predicted octanol–water partition coefficient (Wildman–Crippen LogP) is 6.12. The fourth-order valence-electron chi connectivity index (χ4n) is 3.87. The van der Waals surface area contributed by atoms with Crippen molar-refractivity contribution in [2.45, 2.75) is 70.6 Å². The summed E-state index contributed by atoms with van der Waals surface area (Å²) < 4.78 is 10.7. The zero-order valence-corrected chi connectivity index (χ0v) is 17.6. The summed E-state index contributed by atoms with van der Waals surface area (Å²) in [6, 6.07) is 6.08. The lowest BCUT2D eigenvalue weighted by Gasteiger charge is -2.25. The number of amides is 1. The molecule has 0 aliphatic carbocycles. The van der Waals surface area contributed by atoms with E-state index in [9.17, 15) is 4.79 Å². The highest BCUT2D eigenvalue weighted by Crippen LogP contribution is 2.32. The molecule has 0 spiro atoms. The standard InChI is InChI=1S/C25H35NO3/c27-25(26-18-12-9-13-19-26)15-11-8-6-4-2-1-3-5-7-10-14-22-16-17-23-24(20-22)29-21-28-23/h10-11,14-17,20H,1-9,12-13,18-19,21H2/b14-10+,15-11+. The van der Waals surface area contributed by atoms with Crippen LogP contribution >= 0.6 is 0 Å². The number of ether oxygens (including phenoxy) is 2. The number of carbonyl (C=O) groups excluding carboxylic acids is 1. The summed E-state index contributed by atoms with van der Waals surface area (Å²) >= 11 is 0. The topological polar surface area (TPSA) is 38.8 Å². The van der Waals surface area contributed by atoms with Gasteiger partial charge >= 0.3 is 0 Å². The van der Waals surface area contributed by atoms with E-state index in [-0.39, 0.29) is 5.91 Å². The van der Waals surface area contributed by atoms with Gasteiger partial charge in [0.2, 0.25) is 12.7 Å². The Hall–Kier alpha value is -2.23. The number of nitrogens with zero attached hydrogens (tertiary/aromatic N) is 1. The van der Waals surface area contributed by atoms with Crippen LogP contribution in [-0.2, 0) is 4.79 Å². The molecule has 0 unspecified atom stereocenters. The van der Waals surface area contributed by atoms with Crippen molar-refractivity contribution in [3.8, 4) is 11.5 Å². The zero-order chi connectivity index (χ0) is 20.2. The van der Waals surface area contributed by atoms with Crippen LogP contribution < -0.4 is 9.47 Å². The fraction of sp³-hybridized carbons (Fsp3) is 0.560. The summed E-state index contributed by atoms with van der Waals surface area (Å²) in [5.74, 6) is 1.89. The van der Waals surface area contributed by atoms with Gasteiger partial charge in [-0.1, -0.05) is 50.0 Å². The Bertz CT molecular complexity index is 689. The highest BCUT2D eigenvalue weighted by molar-refractivity contribution is 5.87. The van der Waals surface area contributed by atoms with Gasteiger partial charge in [0.15, 0.2) is 11.5 Å². The minimum Gasteiger partial charge on any atom is -0.454 e. The summed E-state index contributed by atoms with van der Waals surface area (Å²) in [5, 5.41) is 0. The van der Waals surface area contributed by atoms with Gasteiger partial charge in [-0.3, -0.25) is 4.79 Å². The molecule has 1 saturated heterocycles. The van der Waals surface area contributed by atoms with E-state index in [1.165, 1.54) is 50.5 Å². The van der Waals surface area contributed by atoms with Gasteiger partial charge in [0.25, 0.3) is 0 Å². The SMILES string of the molecule is O=C(/C=C/CCCCCCCC/C=C/c1ccc2c(c1)OCO2)N1CCCCC1. The number of rotatable bonds is 11. The van der Waals surface area contributed by atoms with Crippen LogP contribution in [0.4, 0.5) is 0 Å². The Morgan fingerprint density at radius 3 is 2.34 bits per heavy atom. The number of piperidine rings is 1. The normalized spacial score (nSPS) is 16.2. The van der Waals surface area contributed by atoms with Gasteiger partial charge in [-0.25, -0.2) is 0 Å². The number of hydrogen-bond donors (Lipinski definition) is 0. The van der Waals surface area contributed by atoms with E-state index < -0.39 is 0 Å². The van der Waals surface area contributed by atoms with E-state index in [4.69, 9.17) is 9.47 Å². The van der Waals surface area contributed by atoms with E-state index in [1.54, 1.807) is 6.08 Å². The van der Waals surface area contributed by atoms with Crippen molar-refractivity contribution in [2.75, 3.05) is 19.9 Å². The molecule has 2 aliphatic heterocycles. The van der Waals surface area contributed by atoms with Gasteiger partial charge in [0.05, 0.1) is 0 Å². The Morgan fingerprint density at radius 2 is 1.55 bits per heavy atom. The molecule has 1 aromatic carbocycles. The molecule has 0 saturated carbocycles. The summed E-state index contributed by atoms with van der Waals surface area (Å²) in [6.07, 6.45) is 21.6. The second-order valence-electron chi connectivity index (χ2n) is 8.00. The maximum absolute atomic E-state index is 12.0. The second-order valence-corrected chi connectivity index (χ2v) is 8.00. The minimum atomic E-state index is 0.207. The van der Waals surface area contributed by atoms with Gasteiger partial charge in [0.1, 0.15) is 0 Å².